The number of thioether (sulfide) groups is 1. The second kappa shape index (κ2) is 6.37. The van der Waals surface area contributed by atoms with Gasteiger partial charge in [0.2, 0.25) is 0 Å². The van der Waals surface area contributed by atoms with E-state index in [1.165, 1.54) is 17.8 Å². The summed E-state index contributed by atoms with van der Waals surface area (Å²) in [6, 6.07) is 10.0. The van der Waals surface area contributed by atoms with Crippen LogP contribution >= 0.6 is 11.8 Å². The molecule has 23 heavy (non-hydrogen) atoms. The van der Waals surface area contributed by atoms with Crippen LogP contribution in [-0.2, 0) is 14.1 Å². The molecule has 0 N–H and O–H groups in total. The van der Waals surface area contributed by atoms with Gasteiger partial charge in [-0.3, -0.25) is 4.79 Å². The average Bonchev–Trinajstić information content (AvgIpc) is 3.12. The Morgan fingerprint density at radius 2 is 1.96 bits per heavy atom. The highest BCUT2D eigenvalue weighted by molar-refractivity contribution is 7.99. The number of carbonyl (C=O) groups is 1. The fraction of sp³-hybridized carbons (Fsp3) is 0.188. The molecule has 0 spiro atoms. The molecule has 0 fully saturated rings. The predicted octanol–water partition coefficient (Wildman–Crippen LogP) is 2.93. The van der Waals surface area contributed by atoms with E-state index >= 15 is 0 Å². The molecule has 7 heteroatoms. The minimum atomic E-state index is -0.348. The van der Waals surface area contributed by atoms with Crippen LogP contribution in [0.3, 0.4) is 0 Å². The molecule has 0 aliphatic rings. The highest BCUT2D eigenvalue weighted by atomic mass is 32.2. The highest BCUT2D eigenvalue weighted by Crippen LogP contribution is 2.25. The molecule has 0 bridgehead atoms. The van der Waals surface area contributed by atoms with Crippen LogP contribution in [0.5, 0.6) is 0 Å². The van der Waals surface area contributed by atoms with Gasteiger partial charge in [0.25, 0.3) is 0 Å². The van der Waals surface area contributed by atoms with Crippen molar-refractivity contribution in [1.82, 2.24) is 19.3 Å². The van der Waals surface area contributed by atoms with E-state index in [1.54, 1.807) is 40.4 Å². The quantitative estimate of drug-likeness (QED) is 0.533. The van der Waals surface area contributed by atoms with Gasteiger partial charge in [-0.15, -0.1) is 10.2 Å². The number of hydrogen-bond acceptors (Lipinski definition) is 4. The van der Waals surface area contributed by atoms with E-state index in [1.807, 2.05) is 19.3 Å². The van der Waals surface area contributed by atoms with Gasteiger partial charge in [0.15, 0.2) is 16.8 Å². The minimum absolute atomic E-state index is 0.0120. The third-order valence-corrected chi connectivity index (χ3v) is 4.53. The van der Waals surface area contributed by atoms with Crippen LogP contribution in [0.25, 0.3) is 11.4 Å². The van der Waals surface area contributed by atoms with Gasteiger partial charge in [0.1, 0.15) is 5.82 Å². The van der Waals surface area contributed by atoms with Gasteiger partial charge in [-0.1, -0.05) is 23.9 Å². The van der Waals surface area contributed by atoms with Crippen LogP contribution in [0.2, 0.25) is 0 Å². The minimum Gasteiger partial charge on any atom is -0.348 e. The summed E-state index contributed by atoms with van der Waals surface area (Å²) in [5, 5.41) is 8.67. The van der Waals surface area contributed by atoms with Crippen molar-refractivity contribution in [2.75, 3.05) is 5.75 Å². The maximum atomic E-state index is 13.9. The fourth-order valence-corrected chi connectivity index (χ4v) is 3.06. The first-order valence-corrected chi connectivity index (χ1v) is 7.98. The Balaban J connectivity index is 1.77. The van der Waals surface area contributed by atoms with E-state index in [0.717, 1.165) is 0 Å². The Morgan fingerprint density at radius 3 is 2.65 bits per heavy atom. The molecule has 0 atom stereocenters. The molecule has 2 heterocycles. The summed E-state index contributed by atoms with van der Waals surface area (Å²) in [6.07, 6.45) is 1.83. The molecular weight excluding hydrogens is 315 g/mol. The molecule has 0 saturated heterocycles. The van der Waals surface area contributed by atoms with Gasteiger partial charge in [0, 0.05) is 20.3 Å². The molecule has 0 unspecified atom stereocenters. The van der Waals surface area contributed by atoms with Crippen molar-refractivity contribution in [2.45, 2.75) is 5.16 Å². The lowest BCUT2D eigenvalue weighted by Crippen LogP contribution is -2.08. The van der Waals surface area contributed by atoms with Crippen molar-refractivity contribution in [3.63, 3.8) is 0 Å². The number of aromatic nitrogens is 4. The largest absolute Gasteiger partial charge is 0.348 e. The second-order valence-corrected chi connectivity index (χ2v) is 6.00. The van der Waals surface area contributed by atoms with Crippen molar-refractivity contribution >= 4 is 17.5 Å². The van der Waals surface area contributed by atoms with Crippen LogP contribution in [0.1, 0.15) is 10.5 Å². The van der Waals surface area contributed by atoms with E-state index in [4.69, 9.17) is 0 Å². The zero-order chi connectivity index (χ0) is 16.4. The molecule has 0 aliphatic heterocycles. The van der Waals surface area contributed by atoms with Crippen LogP contribution in [-0.4, -0.2) is 30.9 Å². The van der Waals surface area contributed by atoms with Gasteiger partial charge < -0.3 is 9.13 Å². The van der Waals surface area contributed by atoms with E-state index in [2.05, 4.69) is 10.2 Å². The second-order valence-electron chi connectivity index (χ2n) is 5.06. The summed E-state index contributed by atoms with van der Waals surface area (Å²) >= 11 is 1.29. The Bertz CT molecular complexity index is 855. The molecule has 1 aromatic carbocycles. The van der Waals surface area contributed by atoms with E-state index in [9.17, 15) is 9.18 Å². The average molecular weight is 330 g/mol. The number of hydrogen-bond donors (Lipinski definition) is 0. The van der Waals surface area contributed by atoms with Crippen LogP contribution in [0.15, 0.2) is 47.8 Å². The lowest BCUT2D eigenvalue weighted by molar-refractivity contribution is 0.101. The van der Waals surface area contributed by atoms with Crippen LogP contribution < -0.4 is 0 Å². The Morgan fingerprint density at radius 1 is 1.17 bits per heavy atom. The van der Waals surface area contributed by atoms with Crippen molar-refractivity contribution in [3.05, 3.63) is 54.1 Å². The first-order chi connectivity index (χ1) is 11.1. The van der Waals surface area contributed by atoms with E-state index < -0.39 is 0 Å². The molecule has 3 rings (SSSR count). The van der Waals surface area contributed by atoms with Crippen molar-refractivity contribution < 1.29 is 9.18 Å². The zero-order valence-corrected chi connectivity index (χ0v) is 13.5. The molecule has 5 nitrogen and oxygen atoms in total. The Hall–Kier alpha value is -2.41. The van der Waals surface area contributed by atoms with Gasteiger partial charge in [-0.25, -0.2) is 4.39 Å². The van der Waals surface area contributed by atoms with E-state index in [0.29, 0.717) is 22.2 Å². The molecular formula is C16H15FN4OS. The number of carbonyl (C=O) groups excluding carboxylic acids is 1. The molecule has 0 radical (unpaired) electrons. The number of nitrogens with zero attached hydrogens (tertiary/aromatic N) is 4. The van der Waals surface area contributed by atoms with Gasteiger partial charge >= 0.3 is 0 Å². The van der Waals surface area contributed by atoms with Gasteiger partial charge in [0.05, 0.1) is 17.0 Å². The standard InChI is InChI=1S/C16H15FN4OS/c1-20-9-5-8-13(20)14(22)10-23-16-19-18-15(21(16)2)11-6-3-4-7-12(11)17/h3-9H,10H2,1-2H3. The zero-order valence-electron chi connectivity index (χ0n) is 12.7. The first kappa shape index (κ1) is 15.5. The topological polar surface area (TPSA) is 52.7 Å². The number of Topliss-reactive ketones (excluding diaryl/α,β-unsaturated/α-hetero) is 1. The van der Waals surface area contributed by atoms with Crippen molar-refractivity contribution in [2.24, 2.45) is 14.1 Å². The Kier molecular flexibility index (Phi) is 4.29. The smallest absolute Gasteiger partial charge is 0.191 e. The number of benzene rings is 1. The number of ketones is 1. The normalized spacial score (nSPS) is 10.9. The molecule has 118 valence electrons. The Labute approximate surface area is 137 Å². The molecule has 3 aromatic rings. The monoisotopic (exact) mass is 330 g/mol. The fourth-order valence-electron chi connectivity index (χ4n) is 2.27. The van der Waals surface area contributed by atoms with Gasteiger partial charge in [-0.05, 0) is 24.3 Å². The predicted molar refractivity (Wildman–Crippen MR) is 86.9 cm³/mol. The van der Waals surface area contributed by atoms with Gasteiger partial charge in [-0.2, -0.15) is 0 Å². The lowest BCUT2D eigenvalue weighted by Gasteiger charge is -2.05. The van der Waals surface area contributed by atoms with Crippen LogP contribution in [0.4, 0.5) is 4.39 Å². The number of rotatable bonds is 5. The third kappa shape index (κ3) is 3.05. The number of aryl methyl sites for hydroxylation is 1. The molecule has 0 aliphatic carbocycles. The summed E-state index contributed by atoms with van der Waals surface area (Å²) in [7, 11) is 3.59. The third-order valence-electron chi connectivity index (χ3n) is 3.51. The SMILES string of the molecule is Cn1cccc1C(=O)CSc1nnc(-c2ccccc2F)n1C. The van der Waals surface area contributed by atoms with Crippen LogP contribution in [0, 0.1) is 5.82 Å². The van der Waals surface area contributed by atoms with E-state index in [-0.39, 0.29) is 17.4 Å². The molecule has 0 saturated carbocycles. The summed E-state index contributed by atoms with van der Waals surface area (Å²) in [5.74, 6) is 0.357. The number of halogens is 1. The van der Waals surface area contributed by atoms with Crippen molar-refractivity contribution in [1.29, 1.82) is 0 Å². The molecule has 0 amide bonds. The summed E-state index contributed by atoms with van der Waals surface area (Å²) in [5.41, 5.74) is 1.04. The van der Waals surface area contributed by atoms with Crippen molar-refractivity contribution in [3.8, 4) is 11.4 Å². The summed E-state index contributed by atoms with van der Waals surface area (Å²) in [6.45, 7) is 0. The maximum Gasteiger partial charge on any atom is 0.191 e. The summed E-state index contributed by atoms with van der Waals surface area (Å²) in [4.78, 5) is 12.2. The highest BCUT2D eigenvalue weighted by Gasteiger charge is 2.16. The summed E-state index contributed by atoms with van der Waals surface area (Å²) < 4.78 is 17.3. The molecule has 2 aromatic heterocycles. The maximum absolute atomic E-state index is 13.9. The lowest BCUT2D eigenvalue weighted by atomic mass is 10.2. The first-order valence-electron chi connectivity index (χ1n) is 6.99.